The molecule has 2 aliphatic rings. The number of hydrogen-bond acceptors (Lipinski definition) is 6. The Morgan fingerprint density at radius 3 is 2.35 bits per heavy atom. The van der Waals surface area contributed by atoms with E-state index in [1.54, 1.807) is 4.90 Å². The van der Waals surface area contributed by atoms with Gasteiger partial charge in [-0.05, 0) is 30.5 Å². The average Bonchev–Trinajstić information content (AvgIpc) is 3.23. The maximum absolute atomic E-state index is 14.4. The zero-order valence-electron chi connectivity index (χ0n) is 16.2. The first-order chi connectivity index (χ1) is 14.8. The first-order valence-corrected chi connectivity index (χ1v) is 9.65. The van der Waals surface area contributed by atoms with Gasteiger partial charge in [0, 0.05) is 37.7 Å². The molecule has 0 bridgehead atoms. The Labute approximate surface area is 175 Å². The van der Waals surface area contributed by atoms with Crippen LogP contribution in [-0.2, 0) is 4.79 Å². The molecule has 1 unspecified atom stereocenters. The fourth-order valence-corrected chi connectivity index (χ4v) is 3.93. The van der Waals surface area contributed by atoms with Crippen molar-refractivity contribution in [3.63, 3.8) is 0 Å². The highest BCUT2D eigenvalue weighted by Gasteiger charge is 2.36. The number of carboxylic acid groups (broad SMARTS) is 1. The maximum Gasteiger partial charge on any atom is 0.357 e. The number of hydrazone groups is 1. The Kier molecular flexibility index (Phi) is 5.57. The van der Waals surface area contributed by atoms with Crippen molar-refractivity contribution in [2.24, 2.45) is 11.0 Å². The lowest BCUT2D eigenvalue weighted by molar-refractivity contribution is -0.138. The van der Waals surface area contributed by atoms with Gasteiger partial charge in [-0.25, -0.2) is 32.9 Å². The van der Waals surface area contributed by atoms with Crippen molar-refractivity contribution in [3.05, 3.63) is 53.2 Å². The van der Waals surface area contributed by atoms with Crippen molar-refractivity contribution < 1.29 is 27.9 Å². The molecule has 0 spiro atoms. The molecule has 0 radical (unpaired) electrons. The number of rotatable bonds is 4. The van der Waals surface area contributed by atoms with Gasteiger partial charge in [-0.2, -0.15) is 5.10 Å². The monoisotopic (exact) mass is 433 g/mol. The van der Waals surface area contributed by atoms with Crippen LogP contribution in [0.1, 0.15) is 41.4 Å². The second-order valence-electron chi connectivity index (χ2n) is 7.36. The summed E-state index contributed by atoms with van der Waals surface area (Å²) in [6, 6.07) is 2.54. The number of carbonyl (C=O) groups is 2. The van der Waals surface area contributed by atoms with Crippen LogP contribution >= 0.6 is 0 Å². The van der Waals surface area contributed by atoms with Gasteiger partial charge in [0.25, 0.3) is 0 Å². The predicted molar refractivity (Wildman–Crippen MR) is 103 cm³/mol. The maximum atomic E-state index is 14.4. The van der Waals surface area contributed by atoms with Crippen LogP contribution in [0.3, 0.4) is 0 Å². The van der Waals surface area contributed by atoms with Crippen molar-refractivity contribution in [3.8, 4) is 0 Å². The summed E-state index contributed by atoms with van der Waals surface area (Å²) in [6.07, 6.45) is 3.59. The van der Waals surface area contributed by atoms with E-state index >= 15 is 0 Å². The van der Waals surface area contributed by atoms with E-state index in [0.29, 0.717) is 24.8 Å². The van der Waals surface area contributed by atoms with Crippen LogP contribution in [0.15, 0.2) is 29.6 Å². The topological polar surface area (TPSA) is 99.0 Å². The fraction of sp³-hybridized carbons (Fsp3) is 0.350. The molecule has 1 atom stereocenters. The number of amides is 1. The van der Waals surface area contributed by atoms with Crippen LogP contribution in [0.25, 0.3) is 0 Å². The molecule has 11 heteroatoms. The molecular weight excluding hydrogens is 415 g/mol. The Bertz CT molecular complexity index is 1040. The number of halogens is 3. The summed E-state index contributed by atoms with van der Waals surface area (Å²) < 4.78 is 41.6. The first kappa shape index (κ1) is 20.8. The van der Waals surface area contributed by atoms with Gasteiger partial charge < -0.3 is 10.0 Å². The van der Waals surface area contributed by atoms with E-state index in [-0.39, 0.29) is 24.8 Å². The third kappa shape index (κ3) is 4.07. The molecule has 1 saturated heterocycles. The van der Waals surface area contributed by atoms with Crippen LogP contribution in [0.5, 0.6) is 0 Å². The van der Waals surface area contributed by atoms with Gasteiger partial charge in [-0.1, -0.05) is 0 Å². The van der Waals surface area contributed by atoms with E-state index < -0.39 is 41.1 Å². The third-order valence-corrected chi connectivity index (χ3v) is 5.44. The van der Waals surface area contributed by atoms with E-state index in [1.807, 2.05) is 0 Å². The summed E-state index contributed by atoms with van der Waals surface area (Å²) in [5.74, 6) is -4.78. The first-order valence-electron chi connectivity index (χ1n) is 9.65. The Balaban J connectivity index is 1.45. The zero-order valence-corrected chi connectivity index (χ0v) is 16.2. The molecule has 8 nitrogen and oxygen atoms in total. The smallest absolute Gasteiger partial charge is 0.357 e. The molecule has 3 heterocycles. The number of hydrogen-bond donors (Lipinski definition) is 1. The molecule has 31 heavy (non-hydrogen) atoms. The largest absolute Gasteiger partial charge is 0.476 e. The van der Waals surface area contributed by atoms with E-state index in [4.69, 9.17) is 5.11 Å². The molecular formula is C20H18F3N5O3. The molecule has 1 N–H and O–H groups in total. The lowest BCUT2D eigenvalue weighted by atomic mass is 9.94. The predicted octanol–water partition coefficient (Wildman–Crippen LogP) is 2.77. The van der Waals surface area contributed by atoms with Gasteiger partial charge in [0.15, 0.2) is 17.3 Å². The van der Waals surface area contributed by atoms with Crippen molar-refractivity contribution in [2.75, 3.05) is 18.0 Å². The molecule has 2 aliphatic heterocycles. The number of carboxylic acids is 1. The molecule has 4 rings (SSSR count). The Hall–Kier alpha value is -3.50. The zero-order chi connectivity index (χ0) is 22.1. The molecule has 1 fully saturated rings. The van der Waals surface area contributed by atoms with Crippen molar-refractivity contribution in [2.45, 2.75) is 25.3 Å². The van der Waals surface area contributed by atoms with Crippen LogP contribution in [-0.4, -0.2) is 51.3 Å². The minimum Gasteiger partial charge on any atom is -0.476 e. The quantitative estimate of drug-likeness (QED) is 0.796. The summed E-state index contributed by atoms with van der Waals surface area (Å²) >= 11 is 0. The Morgan fingerprint density at radius 2 is 1.71 bits per heavy atom. The molecule has 1 aromatic heterocycles. The normalized spacial score (nSPS) is 19.1. The van der Waals surface area contributed by atoms with Gasteiger partial charge in [0.2, 0.25) is 5.91 Å². The van der Waals surface area contributed by atoms with Gasteiger partial charge >= 0.3 is 5.97 Å². The highest BCUT2D eigenvalue weighted by atomic mass is 19.1. The molecule has 162 valence electrons. The minimum atomic E-state index is -1.49. The SMILES string of the molecule is O=C(O)c1ncnc(N2CCC(C(=O)N3N=CCC3c3cc(F)cc(F)c3)CC2)c1F. The highest BCUT2D eigenvalue weighted by Crippen LogP contribution is 2.33. The van der Waals surface area contributed by atoms with Crippen molar-refractivity contribution in [1.29, 1.82) is 0 Å². The lowest BCUT2D eigenvalue weighted by Gasteiger charge is -2.34. The summed E-state index contributed by atoms with van der Waals surface area (Å²) in [5, 5.41) is 14.4. The second-order valence-corrected chi connectivity index (χ2v) is 7.36. The van der Waals surface area contributed by atoms with Crippen LogP contribution in [0, 0.1) is 23.4 Å². The molecule has 2 aromatic rings. The number of nitrogens with zero attached hydrogens (tertiary/aromatic N) is 5. The van der Waals surface area contributed by atoms with Crippen molar-refractivity contribution in [1.82, 2.24) is 15.0 Å². The number of anilines is 1. The van der Waals surface area contributed by atoms with E-state index in [2.05, 4.69) is 15.1 Å². The van der Waals surface area contributed by atoms with Gasteiger partial charge in [-0.3, -0.25) is 4.79 Å². The summed E-state index contributed by atoms with van der Waals surface area (Å²) in [5.41, 5.74) is -0.384. The van der Waals surface area contributed by atoms with Gasteiger partial charge in [0.1, 0.15) is 18.0 Å². The lowest BCUT2D eigenvalue weighted by Crippen LogP contribution is -2.41. The molecule has 0 aliphatic carbocycles. The molecule has 0 saturated carbocycles. The second kappa shape index (κ2) is 8.32. The van der Waals surface area contributed by atoms with E-state index in [9.17, 15) is 22.8 Å². The molecule has 1 amide bonds. The molecule has 1 aromatic carbocycles. The fourth-order valence-electron chi connectivity index (χ4n) is 3.93. The number of piperidine rings is 1. The highest BCUT2D eigenvalue weighted by molar-refractivity contribution is 5.86. The minimum absolute atomic E-state index is 0.120. The Morgan fingerprint density at radius 1 is 1.03 bits per heavy atom. The summed E-state index contributed by atoms with van der Waals surface area (Å²) in [4.78, 5) is 33.0. The van der Waals surface area contributed by atoms with Crippen LogP contribution in [0.4, 0.5) is 19.0 Å². The van der Waals surface area contributed by atoms with E-state index in [0.717, 1.165) is 12.4 Å². The average molecular weight is 433 g/mol. The number of aromatic nitrogens is 2. The van der Waals surface area contributed by atoms with E-state index in [1.165, 1.54) is 23.4 Å². The number of benzene rings is 1. The third-order valence-electron chi connectivity index (χ3n) is 5.44. The number of aromatic carboxylic acids is 1. The van der Waals surface area contributed by atoms with Crippen LogP contribution in [0.2, 0.25) is 0 Å². The van der Waals surface area contributed by atoms with Crippen LogP contribution < -0.4 is 4.90 Å². The number of carbonyl (C=O) groups excluding carboxylic acids is 1. The van der Waals surface area contributed by atoms with Gasteiger partial charge in [-0.15, -0.1) is 0 Å². The van der Waals surface area contributed by atoms with Gasteiger partial charge in [0.05, 0.1) is 6.04 Å². The summed E-state index contributed by atoms with van der Waals surface area (Å²) in [7, 11) is 0. The standard InChI is InChI=1S/C20H18F3N5O3/c21-13-7-12(8-14(22)9-13)15-1-4-26-28(15)19(29)11-2-5-27(6-3-11)18-16(23)17(20(30)31)24-10-25-18/h4,7-11,15H,1-3,5-6H2,(H,30,31). The summed E-state index contributed by atoms with van der Waals surface area (Å²) in [6.45, 7) is 0.556. The van der Waals surface area contributed by atoms with Crippen molar-refractivity contribution >= 4 is 23.9 Å².